The molecule has 4 atom stereocenters. The van der Waals surface area contributed by atoms with E-state index >= 15 is 0 Å². The Bertz CT molecular complexity index is 1070. The summed E-state index contributed by atoms with van der Waals surface area (Å²) in [6.07, 6.45) is 1.04. The lowest BCUT2D eigenvalue weighted by atomic mass is 9.95. The van der Waals surface area contributed by atoms with Gasteiger partial charge >= 0.3 is 6.09 Å². The van der Waals surface area contributed by atoms with Crippen molar-refractivity contribution in [1.82, 2.24) is 4.90 Å². The van der Waals surface area contributed by atoms with E-state index in [1.54, 1.807) is 9.80 Å². The summed E-state index contributed by atoms with van der Waals surface area (Å²) in [7, 11) is -2.62. The molecule has 4 rings (SSSR count). The topological polar surface area (TPSA) is 99.5 Å². The Labute approximate surface area is 226 Å². The highest BCUT2D eigenvalue weighted by Crippen LogP contribution is 2.45. The standard InChI is InChI=1S/C29H40N2O6Si/c1-21-25(14-11-22-9-12-24(13-10-22)31-16-18-36-29(31)34)37-26(28(21)38(2,3)35)19-27(33)30(15-17-32)20-23-7-5-4-6-8-23/h4-10,12-13,21,25-26,28,32,35H,11,14-20H2,1-3H3/t21-,25+,26-,28+/m0/s1. The number of hydrogen-bond donors (Lipinski definition) is 2. The van der Waals surface area contributed by atoms with Gasteiger partial charge in [0, 0.05) is 24.3 Å². The number of carbonyl (C=O) groups is 2. The molecule has 0 aromatic heterocycles. The number of amides is 2. The van der Waals surface area contributed by atoms with Gasteiger partial charge in [-0.25, -0.2) is 4.79 Å². The van der Waals surface area contributed by atoms with Gasteiger partial charge in [-0.2, -0.15) is 0 Å². The second kappa shape index (κ2) is 12.4. The number of aliphatic hydroxyl groups excluding tert-OH is 1. The lowest BCUT2D eigenvalue weighted by molar-refractivity contribution is -0.135. The molecule has 8 nitrogen and oxygen atoms in total. The van der Waals surface area contributed by atoms with E-state index in [4.69, 9.17) is 9.47 Å². The molecule has 2 aliphatic heterocycles. The molecule has 2 amide bonds. The summed E-state index contributed by atoms with van der Waals surface area (Å²) in [6, 6.07) is 17.7. The average molecular weight is 541 g/mol. The van der Waals surface area contributed by atoms with Crippen molar-refractivity contribution >= 4 is 26.0 Å². The van der Waals surface area contributed by atoms with E-state index in [2.05, 4.69) is 6.92 Å². The van der Waals surface area contributed by atoms with Crippen molar-refractivity contribution in [2.75, 3.05) is 31.2 Å². The average Bonchev–Trinajstić information content (AvgIpc) is 3.45. The molecule has 9 heteroatoms. The van der Waals surface area contributed by atoms with E-state index in [0.29, 0.717) is 19.7 Å². The van der Waals surface area contributed by atoms with Gasteiger partial charge in [-0.05, 0) is 55.1 Å². The zero-order valence-electron chi connectivity index (χ0n) is 22.6. The summed E-state index contributed by atoms with van der Waals surface area (Å²) in [6.45, 7) is 7.54. The number of aliphatic hydroxyl groups is 1. The predicted octanol–water partition coefficient (Wildman–Crippen LogP) is 3.96. The first kappa shape index (κ1) is 28.3. The number of anilines is 1. The van der Waals surface area contributed by atoms with Crippen molar-refractivity contribution in [2.45, 2.75) is 63.6 Å². The maximum absolute atomic E-state index is 13.4. The third-order valence-corrected chi connectivity index (χ3v) is 10.3. The Hall–Kier alpha value is -2.72. The van der Waals surface area contributed by atoms with Crippen LogP contribution in [0.2, 0.25) is 18.6 Å². The van der Waals surface area contributed by atoms with Crippen LogP contribution < -0.4 is 4.90 Å². The highest BCUT2D eigenvalue weighted by molar-refractivity contribution is 6.71. The fourth-order valence-corrected chi connectivity index (χ4v) is 8.51. The second-order valence-corrected chi connectivity index (χ2v) is 14.9. The fraction of sp³-hybridized carbons (Fsp3) is 0.517. The highest BCUT2D eigenvalue weighted by atomic mass is 28.4. The van der Waals surface area contributed by atoms with Crippen LogP contribution in [-0.4, -0.2) is 73.6 Å². The fourth-order valence-electron chi connectivity index (χ4n) is 5.90. The van der Waals surface area contributed by atoms with E-state index < -0.39 is 8.32 Å². The summed E-state index contributed by atoms with van der Waals surface area (Å²) in [5.74, 6) is 0.0542. The molecule has 2 N–H and O–H groups in total. The molecule has 0 spiro atoms. The van der Waals surface area contributed by atoms with Crippen LogP contribution in [0.4, 0.5) is 10.5 Å². The number of rotatable bonds is 11. The molecule has 2 aliphatic rings. The van der Waals surface area contributed by atoms with Crippen LogP contribution in [0.1, 0.15) is 30.9 Å². The van der Waals surface area contributed by atoms with E-state index in [9.17, 15) is 19.5 Å². The summed E-state index contributed by atoms with van der Waals surface area (Å²) in [5, 5.41) is 9.58. The second-order valence-electron chi connectivity index (χ2n) is 11.0. The van der Waals surface area contributed by atoms with Crippen LogP contribution in [0.5, 0.6) is 0 Å². The molecule has 0 saturated carbocycles. The Balaban J connectivity index is 1.39. The highest BCUT2D eigenvalue weighted by Gasteiger charge is 2.50. The SMILES string of the molecule is C[C@@H]1[C@@H]([Si](C)(C)O)[C@H](CC(=O)N(CCO)Cc2ccccc2)O[C@@H]1CCc1ccc(N2CCOC2=O)cc1. The van der Waals surface area contributed by atoms with Gasteiger partial charge in [-0.3, -0.25) is 9.69 Å². The normalized spacial score (nSPS) is 23.5. The molecule has 0 aliphatic carbocycles. The van der Waals surface area contributed by atoms with Crippen molar-refractivity contribution < 1.29 is 29.0 Å². The van der Waals surface area contributed by atoms with Crippen molar-refractivity contribution in [2.24, 2.45) is 5.92 Å². The zero-order chi connectivity index (χ0) is 27.3. The van der Waals surface area contributed by atoms with Crippen molar-refractivity contribution in [3.8, 4) is 0 Å². The van der Waals surface area contributed by atoms with Crippen LogP contribution in [0.25, 0.3) is 0 Å². The van der Waals surface area contributed by atoms with Gasteiger partial charge in [-0.1, -0.05) is 49.4 Å². The van der Waals surface area contributed by atoms with E-state index in [1.807, 2.05) is 67.7 Å². The number of carbonyl (C=O) groups excluding carboxylic acids is 2. The molecule has 38 heavy (non-hydrogen) atoms. The van der Waals surface area contributed by atoms with Gasteiger partial charge in [0.15, 0.2) is 8.32 Å². The Morgan fingerprint density at radius 3 is 2.39 bits per heavy atom. The third-order valence-electron chi connectivity index (χ3n) is 7.76. The molecule has 2 saturated heterocycles. The molecule has 0 bridgehead atoms. The molecule has 2 aromatic rings. The van der Waals surface area contributed by atoms with Crippen LogP contribution in [0.3, 0.4) is 0 Å². The molecule has 2 heterocycles. The Kier molecular flexibility index (Phi) is 9.25. The monoisotopic (exact) mass is 540 g/mol. The van der Waals surface area contributed by atoms with Crippen LogP contribution in [0, 0.1) is 5.92 Å². The van der Waals surface area contributed by atoms with Crippen LogP contribution in [-0.2, 0) is 27.2 Å². The number of hydrogen-bond acceptors (Lipinski definition) is 6. The minimum Gasteiger partial charge on any atom is -0.447 e. The van der Waals surface area contributed by atoms with Gasteiger partial charge in [0.1, 0.15) is 6.61 Å². The third kappa shape index (κ3) is 6.82. The lowest BCUT2D eigenvalue weighted by Gasteiger charge is -2.31. The molecule has 0 radical (unpaired) electrons. The Morgan fingerprint density at radius 2 is 1.79 bits per heavy atom. The molecule has 206 valence electrons. The van der Waals surface area contributed by atoms with Gasteiger partial charge in [-0.15, -0.1) is 0 Å². The predicted molar refractivity (Wildman–Crippen MR) is 148 cm³/mol. The van der Waals surface area contributed by atoms with Gasteiger partial charge in [0.25, 0.3) is 0 Å². The van der Waals surface area contributed by atoms with Gasteiger partial charge in [0.05, 0.1) is 31.8 Å². The first-order chi connectivity index (χ1) is 18.2. The number of cyclic esters (lactones) is 1. The maximum atomic E-state index is 13.4. The summed E-state index contributed by atoms with van der Waals surface area (Å²) in [4.78, 5) is 39.6. The lowest BCUT2D eigenvalue weighted by Crippen LogP contribution is -2.42. The number of benzene rings is 2. The molecule has 2 aromatic carbocycles. The number of nitrogens with zero attached hydrogens (tertiary/aromatic N) is 2. The van der Waals surface area contributed by atoms with Gasteiger partial charge in [0.2, 0.25) is 5.91 Å². The van der Waals surface area contributed by atoms with E-state index in [0.717, 1.165) is 29.7 Å². The van der Waals surface area contributed by atoms with E-state index in [-0.39, 0.29) is 55.2 Å². The molecular weight excluding hydrogens is 500 g/mol. The maximum Gasteiger partial charge on any atom is 0.414 e. The Morgan fingerprint density at radius 1 is 1.08 bits per heavy atom. The number of ether oxygens (including phenoxy) is 2. The summed E-state index contributed by atoms with van der Waals surface area (Å²) >= 11 is 0. The quantitative estimate of drug-likeness (QED) is 0.419. The molecule has 0 unspecified atom stereocenters. The zero-order valence-corrected chi connectivity index (χ0v) is 23.6. The van der Waals surface area contributed by atoms with Crippen molar-refractivity contribution in [3.63, 3.8) is 0 Å². The minimum absolute atomic E-state index is 0.0623. The first-order valence-corrected chi connectivity index (χ1v) is 16.5. The molecule has 2 fully saturated rings. The van der Waals surface area contributed by atoms with Crippen LogP contribution >= 0.6 is 0 Å². The molecular formula is C29H40N2O6Si. The van der Waals surface area contributed by atoms with Crippen LogP contribution in [0.15, 0.2) is 54.6 Å². The van der Waals surface area contributed by atoms with Crippen molar-refractivity contribution in [3.05, 3.63) is 65.7 Å². The summed E-state index contributed by atoms with van der Waals surface area (Å²) < 4.78 is 11.5. The van der Waals surface area contributed by atoms with Gasteiger partial charge < -0.3 is 24.3 Å². The smallest absolute Gasteiger partial charge is 0.414 e. The number of aryl methyl sites for hydroxylation is 1. The van der Waals surface area contributed by atoms with Crippen molar-refractivity contribution in [1.29, 1.82) is 0 Å². The summed E-state index contributed by atoms with van der Waals surface area (Å²) in [5.41, 5.74) is 2.92. The van der Waals surface area contributed by atoms with E-state index in [1.165, 1.54) is 0 Å². The largest absolute Gasteiger partial charge is 0.447 e. The minimum atomic E-state index is -2.62. The first-order valence-electron chi connectivity index (χ1n) is 13.5.